The standard InChI is InChI=1S/C17H13ClN4O2S2/c18-11-3-1-4-12(9-11)19-15(23)10-26-16-7-6-14(21-22-16)20-17(24)13-5-2-8-25-13/h1-9H,10H2,(H,19,23)(H,20,21,24). The van der Waals surface area contributed by atoms with Crippen LogP contribution >= 0.6 is 34.7 Å². The van der Waals surface area contributed by atoms with Gasteiger partial charge in [-0.2, -0.15) is 0 Å². The average Bonchev–Trinajstić information content (AvgIpc) is 3.16. The van der Waals surface area contributed by atoms with Crippen LogP contribution in [0.3, 0.4) is 0 Å². The topological polar surface area (TPSA) is 84.0 Å². The minimum absolute atomic E-state index is 0.172. The van der Waals surface area contributed by atoms with Crippen molar-refractivity contribution in [3.8, 4) is 0 Å². The maximum Gasteiger partial charge on any atom is 0.266 e. The number of rotatable bonds is 6. The number of carbonyl (C=O) groups excluding carboxylic acids is 2. The maximum atomic E-state index is 12.0. The summed E-state index contributed by atoms with van der Waals surface area (Å²) in [7, 11) is 0. The quantitative estimate of drug-likeness (QED) is 0.602. The van der Waals surface area contributed by atoms with Gasteiger partial charge in [-0.1, -0.05) is 35.5 Å². The molecule has 132 valence electrons. The highest BCUT2D eigenvalue weighted by molar-refractivity contribution is 7.99. The fraction of sp³-hybridized carbons (Fsp3) is 0.0588. The minimum Gasteiger partial charge on any atom is -0.325 e. The molecule has 1 aromatic carbocycles. The largest absolute Gasteiger partial charge is 0.325 e. The van der Waals surface area contributed by atoms with Crippen molar-refractivity contribution in [2.45, 2.75) is 5.03 Å². The molecule has 0 saturated heterocycles. The van der Waals surface area contributed by atoms with Crippen LogP contribution in [0.2, 0.25) is 5.02 Å². The lowest BCUT2D eigenvalue weighted by Crippen LogP contribution is -2.14. The second-order valence-electron chi connectivity index (χ2n) is 5.04. The number of carbonyl (C=O) groups is 2. The zero-order valence-corrected chi connectivity index (χ0v) is 15.7. The van der Waals surface area contributed by atoms with E-state index >= 15 is 0 Å². The molecule has 2 aromatic heterocycles. The van der Waals surface area contributed by atoms with Crippen molar-refractivity contribution in [3.05, 3.63) is 63.8 Å². The minimum atomic E-state index is -0.226. The van der Waals surface area contributed by atoms with Crippen molar-refractivity contribution in [1.29, 1.82) is 0 Å². The highest BCUT2D eigenvalue weighted by Crippen LogP contribution is 2.18. The van der Waals surface area contributed by atoms with Crippen molar-refractivity contribution < 1.29 is 9.59 Å². The molecule has 0 radical (unpaired) electrons. The van der Waals surface area contributed by atoms with E-state index in [0.29, 0.717) is 26.4 Å². The van der Waals surface area contributed by atoms with Gasteiger partial charge >= 0.3 is 0 Å². The van der Waals surface area contributed by atoms with Crippen LogP contribution in [0.5, 0.6) is 0 Å². The van der Waals surface area contributed by atoms with Crippen LogP contribution in [0.4, 0.5) is 11.5 Å². The summed E-state index contributed by atoms with van der Waals surface area (Å²) in [4.78, 5) is 24.5. The number of benzene rings is 1. The van der Waals surface area contributed by atoms with Gasteiger partial charge in [0.05, 0.1) is 10.6 Å². The van der Waals surface area contributed by atoms with Crippen LogP contribution in [-0.2, 0) is 4.79 Å². The van der Waals surface area contributed by atoms with Crippen molar-refractivity contribution >= 4 is 58.0 Å². The maximum absolute atomic E-state index is 12.0. The molecule has 0 spiro atoms. The molecular weight excluding hydrogens is 392 g/mol. The summed E-state index contributed by atoms with van der Waals surface area (Å²) in [5, 5.41) is 16.4. The third-order valence-electron chi connectivity index (χ3n) is 3.09. The van der Waals surface area contributed by atoms with Crippen LogP contribution < -0.4 is 10.6 Å². The van der Waals surface area contributed by atoms with Crippen molar-refractivity contribution in [3.63, 3.8) is 0 Å². The first kappa shape index (κ1) is 18.4. The lowest BCUT2D eigenvalue weighted by Gasteiger charge is -2.05. The summed E-state index contributed by atoms with van der Waals surface area (Å²) in [5.74, 6) is 0.142. The molecule has 0 fully saturated rings. The van der Waals surface area contributed by atoms with Gasteiger partial charge in [0.25, 0.3) is 5.91 Å². The second-order valence-corrected chi connectivity index (χ2v) is 7.42. The summed E-state index contributed by atoms with van der Waals surface area (Å²) in [6.07, 6.45) is 0. The van der Waals surface area contributed by atoms with E-state index in [1.165, 1.54) is 23.1 Å². The number of nitrogens with zero attached hydrogens (tertiary/aromatic N) is 2. The van der Waals surface area contributed by atoms with E-state index in [1.807, 2.05) is 5.38 Å². The Hall–Kier alpha value is -2.42. The Balaban J connectivity index is 1.49. The third kappa shape index (κ3) is 5.29. The molecule has 0 unspecified atom stereocenters. The lowest BCUT2D eigenvalue weighted by atomic mass is 10.3. The van der Waals surface area contributed by atoms with Gasteiger partial charge in [0.15, 0.2) is 5.82 Å². The summed E-state index contributed by atoms with van der Waals surface area (Å²) < 4.78 is 0. The summed E-state index contributed by atoms with van der Waals surface area (Å²) >= 11 is 8.48. The molecule has 9 heteroatoms. The smallest absolute Gasteiger partial charge is 0.266 e. The molecule has 0 aliphatic heterocycles. The molecule has 0 bridgehead atoms. The average molecular weight is 405 g/mol. The van der Waals surface area contributed by atoms with Crippen LogP contribution in [0, 0.1) is 0 Å². The molecule has 2 amide bonds. The second kappa shape index (κ2) is 8.79. The fourth-order valence-electron chi connectivity index (χ4n) is 1.95. The highest BCUT2D eigenvalue weighted by Gasteiger charge is 2.09. The van der Waals surface area contributed by atoms with Gasteiger partial charge in [0, 0.05) is 10.7 Å². The number of thioether (sulfide) groups is 1. The molecule has 0 saturated carbocycles. The molecule has 26 heavy (non-hydrogen) atoms. The molecule has 2 heterocycles. The number of anilines is 2. The zero-order valence-electron chi connectivity index (χ0n) is 13.3. The number of halogens is 1. The van der Waals surface area contributed by atoms with Crippen molar-refractivity contribution in [2.24, 2.45) is 0 Å². The monoisotopic (exact) mass is 404 g/mol. The normalized spacial score (nSPS) is 10.3. The van der Waals surface area contributed by atoms with Gasteiger partial charge < -0.3 is 10.6 Å². The number of hydrogen-bond donors (Lipinski definition) is 2. The lowest BCUT2D eigenvalue weighted by molar-refractivity contribution is -0.113. The van der Waals surface area contributed by atoms with Crippen LogP contribution in [0.1, 0.15) is 9.67 Å². The van der Waals surface area contributed by atoms with Gasteiger partial charge in [-0.15, -0.1) is 21.5 Å². The third-order valence-corrected chi connectivity index (χ3v) is 5.11. The molecule has 0 aliphatic carbocycles. The fourth-order valence-corrected chi connectivity index (χ4v) is 3.38. The Labute approximate surface area is 163 Å². The van der Waals surface area contributed by atoms with E-state index in [2.05, 4.69) is 20.8 Å². The van der Waals surface area contributed by atoms with Gasteiger partial charge in [-0.05, 0) is 41.8 Å². The Morgan fingerprint density at radius 1 is 1.08 bits per heavy atom. The van der Waals surface area contributed by atoms with Gasteiger partial charge in [0.2, 0.25) is 5.91 Å². The van der Waals surface area contributed by atoms with Crippen molar-refractivity contribution in [1.82, 2.24) is 10.2 Å². The van der Waals surface area contributed by atoms with Gasteiger partial charge in [0.1, 0.15) is 5.03 Å². The molecule has 0 aliphatic rings. The molecule has 6 nitrogen and oxygen atoms in total. The first-order valence-electron chi connectivity index (χ1n) is 7.47. The summed E-state index contributed by atoms with van der Waals surface area (Å²) in [6, 6.07) is 13.8. The molecule has 3 aromatic rings. The zero-order chi connectivity index (χ0) is 18.4. The predicted molar refractivity (Wildman–Crippen MR) is 105 cm³/mol. The molecular formula is C17H13ClN4O2S2. The Kier molecular flexibility index (Phi) is 6.21. The van der Waals surface area contributed by atoms with Crippen LogP contribution in [-0.4, -0.2) is 27.8 Å². The van der Waals surface area contributed by atoms with E-state index in [0.717, 1.165) is 0 Å². The van der Waals surface area contributed by atoms with Gasteiger partial charge in [-0.3, -0.25) is 9.59 Å². The summed E-state index contributed by atoms with van der Waals surface area (Å²) in [6.45, 7) is 0. The number of thiophene rings is 1. The van der Waals surface area contributed by atoms with E-state index in [-0.39, 0.29) is 17.6 Å². The first-order valence-corrected chi connectivity index (χ1v) is 9.71. The Bertz CT molecular complexity index is 901. The van der Waals surface area contributed by atoms with E-state index < -0.39 is 0 Å². The molecule has 0 atom stereocenters. The van der Waals surface area contributed by atoms with Crippen LogP contribution in [0.15, 0.2) is 58.9 Å². The van der Waals surface area contributed by atoms with E-state index in [1.54, 1.807) is 48.5 Å². The highest BCUT2D eigenvalue weighted by atomic mass is 35.5. The predicted octanol–water partition coefficient (Wildman–Crippen LogP) is 4.17. The Morgan fingerprint density at radius 3 is 2.65 bits per heavy atom. The Morgan fingerprint density at radius 2 is 1.96 bits per heavy atom. The number of aromatic nitrogens is 2. The molecule has 2 N–H and O–H groups in total. The number of hydrogen-bond acceptors (Lipinski definition) is 6. The number of amides is 2. The SMILES string of the molecule is O=C(CSc1ccc(NC(=O)c2cccs2)nn1)Nc1cccc(Cl)c1. The summed E-state index contributed by atoms with van der Waals surface area (Å²) in [5.41, 5.74) is 0.640. The van der Waals surface area contributed by atoms with E-state index in [9.17, 15) is 9.59 Å². The van der Waals surface area contributed by atoms with Crippen LogP contribution in [0.25, 0.3) is 0 Å². The van der Waals surface area contributed by atoms with Crippen molar-refractivity contribution in [2.75, 3.05) is 16.4 Å². The number of nitrogens with one attached hydrogen (secondary N) is 2. The van der Waals surface area contributed by atoms with Gasteiger partial charge in [-0.25, -0.2) is 0 Å². The van der Waals surface area contributed by atoms with E-state index in [4.69, 9.17) is 11.6 Å². The first-order chi connectivity index (χ1) is 12.6. The molecule has 3 rings (SSSR count).